The van der Waals surface area contributed by atoms with Crippen molar-refractivity contribution < 1.29 is 18.8 Å². The number of hydrogen-bond donors (Lipinski definition) is 2. The van der Waals surface area contributed by atoms with Gasteiger partial charge in [-0.2, -0.15) is 0 Å². The van der Waals surface area contributed by atoms with E-state index in [2.05, 4.69) is 10.5 Å². The standard InChI is InChI=1S/C21H28N4O4/c1-25(13-20(22)26)21(27)10-15-7-8-23-12-16(15)9-17-11-19(29-24-17)14-3-5-18(28-2)6-4-14/h3-6,11,15-16,23H,7-10,12-13H2,1-2H3,(H2,22,26)/t15-,16+/m1/s1. The summed E-state index contributed by atoms with van der Waals surface area (Å²) in [6.45, 7) is 1.65. The van der Waals surface area contributed by atoms with Gasteiger partial charge in [0, 0.05) is 25.1 Å². The van der Waals surface area contributed by atoms with Crippen molar-refractivity contribution in [2.45, 2.75) is 19.3 Å². The van der Waals surface area contributed by atoms with Gasteiger partial charge in [0.25, 0.3) is 0 Å². The molecule has 8 nitrogen and oxygen atoms in total. The molecular formula is C21H28N4O4. The zero-order valence-corrected chi connectivity index (χ0v) is 16.9. The van der Waals surface area contributed by atoms with Crippen molar-refractivity contribution in [3.63, 3.8) is 0 Å². The van der Waals surface area contributed by atoms with Crippen LogP contribution in [-0.2, 0) is 16.0 Å². The van der Waals surface area contributed by atoms with E-state index in [4.69, 9.17) is 15.0 Å². The number of piperidine rings is 1. The first-order chi connectivity index (χ1) is 14.0. The number of likely N-dealkylation sites (N-methyl/N-ethyl adjacent to an activating group) is 1. The van der Waals surface area contributed by atoms with Crippen LogP contribution in [0, 0.1) is 11.8 Å². The molecule has 2 atom stereocenters. The highest BCUT2D eigenvalue weighted by Crippen LogP contribution is 2.29. The Balaban J connectivity index is 1.63. The van der Waals surface area contributed by atoms with Crippen LogP contribution in [0.5, 0.6) is 5.75 Å². The van der Waals surface area contributed by atoms with Crippen molar-refractivity contribution in [1.29, 1.82) is 0 Å². The first-order valence-corrected chi connectivity index (χ1v) is 9.79. The van der Waals surface area contributed by atoms with Crippen LogP contribution in [0.15, 0.2) is 34.9 Å². The summed E-state index contributed by atoms with van der Waals surface area (Å²) in [6.07, 6.45) is 2.04. The topological polar surface area (TPSA) is 111 Å². The second-order valence-corrected chi connectivity index (χ2v) is 7.55. The quantitative estimate of drug-likeness (QED) is 0.694. The lowest BCUT2D eigenvalue weighted by molar-refractivity contribution is -0.135. The van der Waals surface area contributed by atoms with Gasteiger partial charge in [0.2, 0.25) is 11.8 Å². The highest BCUT2D eigenvalue weighted by atomic mass is 16.5. The smallest absolute Gasteiger partial charge is 0.237 e. The average Bonchev–Trinajstić information content (AvgIpc) is 3.17. The molecule has 29 heavy (non-hydrogen) atoms. The van der Waals surface area contributed by atoms with E-state index in [0.29, 0.717) is 12.2 Å². The highest BCUT2D eigenvalue weighted by molar-refractivity contribution is 5.83. The molecule has 0 unspecified atom stereocenters. The van der Waals surface area contributed by atoms with E-state index in [0.717, 1.165) is 42.9 Å². The molecule has 1 saturated heterocycles. The number of methoxy groups -OCH3 is 1. The Kier molecular flexibility index (Phi) is 6.87. The van der Waals surface area contributed by atoms with Gasteiger partial charge in [-0.15, -0.1) is 0 Å². The van der Waals surface area contributed by atoms with E-state index < -0.39 is 5.91 Å². The molecule has 0 spiro atoms. The molecule has 2 amide bonds. The SMILES string of the molecule is COc1ccc(-c2cc(C[C@H]3CNCC[C@@H]3CC(=O)N(C)CC(N)=O)no2)cc1. The van der Waals surface area contributed by atoms with E-state index >= 15 is 0 Å². The fraction of sp³-hybridized carbons (Fsp3) is 0.476. The molecule has 1 aliphatic rings. The lowest BCUT2D eigenvalue weighted by atomic mass is 9.81. The Labute approximate surface area is 170 Å². The van der Waals surface area contributed by atoms with E-state index in [-0.39, 0.29) is 24.3 Å². The molecule has 1 aliphatic heterocycles. The number of nitrogens with two attached hydrogens (primary N) is 1. The van der Waals surface area contributed by atoms with Gasteiger partial charge in [0.1, 0.15) is 5.75 Å². The average molecular weight is 400 g/mol. The van der Waals surface area contributed by atoms with Crippen LogP contribution in [0.2, 0.25) is 0 Å². The number of carbonyl (C=O) groups is 2. The third-order valence-corrected chi connectivity index (χ3v) is 5.43. The van der Waals surface area contributed by atoms with Crippen molar-refractivity contribution in [3.05, 3.63) is 36.0 Å². The first kappa shape index (κ1) is 20.9. The number of hydrogen-bond acceptors (Lipinski definition) is 6. The van der Waals surface area contributed by atoms with Crippen LogP contribution in [-0.4, -0.2) is 55.7 Å². The summed E-state index contributed by atoms with van der Waals surface area (Å²) >= 11 is 0. The molecule has 156 valence electrons. The number of benzene rings is 1. The lowest BCUT2D eigenvalue weighted by Crippen LogP contribution is -2.42. The number of rotatable bonds is 8. The van der Waals surface area contributed by atoms with Gasteiger partial charge in [-0.25, -0.2) is 0 Å². The predicted molar refractivity (Wildman–Crippen MR) is 108 cm³/mol. The maximum absolute atomic E-state index is 12.4. The summed E-state index contributed by atoms with van der Waals surface area (Å²) in [5, 5.41) is 7.63. The van der Waals surface area contributed by atoms with Crippen LogP contribution in [0.3, 0.4) is 0 Å². The van der Waals surface area contributed by atoms with E-state index in [1.54, 1.807) is 14.2 Å². The van der Waals surface area contributed by atoms with Crippen molar-refractivity contribution in [3.8, 4) is 17.1 Å². The molecule has 1 fully saturated rings. The minimum atomic E-state index is -0.503. The Morgan fingerprint density at radius 1 is 1.31 bits per heavy atom. The van der Waals surface area contributed by atoms with Crippen LogP contribution in [0.25, 0.3) is 11.3 Å². The highest BCUT2D eigenvalue weighted by Gasteiger charge is 2.29. The number of aromatic nitrogens is 1. The predicted octanol–water partition coefficient (Wildman–Crippen LogP) is 1.45. The van der Waals surface area contributed by atoms with Gasteiger partial charge in [-0.3, -0.25) is 9.59 Å². The third-order valence-electron chi connectivity index (χ3n) is 5.43. The molecule has 0 saturated carbocycles. The summed E-state index contributed by atoms with van der Waals surface area (Å²) in [7, 11) is 3.24. The molecule has 1 aromatic heterocycles. The number of ether oxygens (including phenoxy) is 1. The van der Waals surface area contributed by atoms with Gasteiger partial charge in [0.05, 0.1) is 19.3 Å². The van der Waals surface area contributed by atoms with E-state index in [1.807, 2.05) is 30.3 Å². The van der Waals surface area contributed by atoms with E-state index in [9.17, 15) is 9.59 Å². The molecule has 1 aromatic carbocycles. The number of nitrogens with zero attached hydrogens (tertiary/aromatic N) is 2. The normalized spacial score (nSPS) is 19.0. The van der Waals surface area contributed by atoms with Crippen LogP contribution in [0.1, 0.15) is 18.5 Å². The Morgan fingerprint density at radius 2 is 2.07 bits per heavy atom. The largest absolute Gasteiger partial charge is 0.497 e. The molecule has 0 bridgehead atoms. The molecule has 0 radical (unpaired) electrons. The van der Waals surface area contributed by atoms with Gasteiger partial charge in [-0.05, 0) is 62.0 Å². The number of primary amides is 1. The molecule has 0 aliphatic carbocycles. The molecule has 3 rings (SSSR count). The number of carbonyl (C=O) groups excluding carboxylic acids is 2. The van der Waals surface area contributed by atoms with Crippen LogP contribution in [0.4, 0.5) is 0 Å². The Bertz CT molecular complexity index is 833. The van der Waals surface area contributed by atoms with Crippen molar-refractivity contribution in [2.75, 3.05) is 33.8 Å². The van der Waals surface area contributed by atoms with Crippen molar-refractivity contribution in [2.24, 2.45) is 17.6 Å². The summed E-state index contributed by atoms with van der Waals surface area (Å²) in [5.74, 6) is 1.43. The zero-order valence-electron chi connectivity index (χ0n) is 16.9. The summed E-state index contributed by atoms with van der Waals surface area (Å²) in [5.41, 5.74) is 7.00. The Hall–Kier alpha value is -2.87. The minimum Gasteiger partial charge on any atom is -0.497 e. The molecule has 3 N–H and O–H groups in total. The van der Waals surface area contributed by atoms with Gasteiger partial charge < -0.3 is 25.2 Å². The van der Waals surface area contributed by atoms with Gasteiger partial charge >= 0.3 is 0 Å². The maximum atomic E-state index is 12.4. The monoisotopic (exact) mass is 400 g/mol. The maximum Gasteiger partial charge on any atom is 0.237 e. The van der Waals surface area contributed by atoms with Crippen molar-refractivity contribution >= 4 is 11.8 Å². The van der Waals surface area contributed by atoms with Gasteiger partial charge in [-0.1, -0.05) is 5.16 Å². The second kappa shape index (κ2) is 9.56. The zero-order chi connectivity index (χ0) is 20.8. The van der Waals surface area contributed by atoms with E-state index in [1.165, 1.54) is 4.90 Å². The molecular weight excluding hydrogens is 372 g/mol. The number of amides is 2. The molecule has 2 heterocycles. The lowest BCUT2D eigenvalue weighted by Gasteiger charge is -2.32. The van der Waals surface area contributed by atoms with Crippen LogP contribution < -0.4 is 15.8 Å². The fourth-order valence-electron chi connectivity index (χ4n) is 3.75. The summed E-state index contributed by atoms with van der Waals surface area (Å²) in [4.78, 5) is 24.9. The first-order valence-electron chi connectivity index (χ1n) is 9.79. The third kappa shape index (κ3) is 5.57. The van der Waals surface area contributed by atoms with Crippen LogP contribution >= 0.6 is 0 Å². The summed E-state index contributed by atoms with van der Waals surface area (Å²) in [6, 6.07) is 9.58. The van der Waals surface area contributed by atoms with Crippen molar-refractivity contribution in [1.82, 2.24) is 15.4 Å². The molecule has 8 heteroatoms. The number of nitrogens with one attached hydrogen (secondary N) is 1. The van der Waals surface area contributed by atoms with Gasteiger partial charge in [0.15, 0.2) is 5.76 Å². The Morgan fingerprint density at radius 3 is 2.76 bits per heavy atom. The fourth-order valence-corrected chi connectivity index (χ4v) is 3.75. The minimum absolute atomic E-state index is 0.0526. The molecule has 2 aromatic rings. The summed E-state index contributed by atoms with van der Waals surface area (Å²) < 4.78 is 10.7. The second-order valence-electron chi connectivity index (χ2n) is 7.55.